The molecule has 126 valence electrons. The van der Waals surface area contributed by atoms with Gasteiger partial charge in [0.15, 0.2) is 0 Å². The lowest BCUT2D eigenvalue weighted by molar-refractivity contribution is -0.123. The van der Waals surface area contributed by atoms with Crippen LogP contribution >= 0.6 is 11.8 Å². The Balaban J connectivity index is 1.56. The van der Waals surface area contributed by atoms with Crippen molar-refractivity contribution in [3.8, 4) is 0 Å². The van der Waals surface area contributed by atoms with E-state index in [9.17, 15) is 4.79 Å². The second-order valence-corrected chi connectivity index (χ2v) is 8.12. The Morgan fingerprint density at radius 2 is 2.09 bits per heavy atom. The lowest BCUT2D eigenvalue weighted by atomic mass is 10.1. The first kappa shape index (κ1) is 16.8. The van der Waals surface area contributed by atoms with Gasteiger partial charge in [0.25, 0.3) is 0 Å². The molecule has 1 heterocycles. The minimum atomic E-state index is -0.111. The Hall–Kier alpha value is -1.04. The van der Waals surface area contributed by atoms with Crippen molar-refractivity contribution in [2.75, 3.05) is 20.2 Å². The van der Waals surface area contributed by atoms with E-state index in [4.69, 9.17) is 4.74 Å². The van der Waals surface area contributed by atoms with Crippen LogP contribution in [0.1, 0.15) is 32.1 Å². The highest BCUT2D eigenvalue weighted by atomic mass is 32.2. The van der Waals surface area contributed by atoms with Crippen molar-refractivity contribution < 1.29 is 9.53 Å². The van der Waals surface area contributed by atoms with Crippen LogP contribution in [0.15, 0.2) is 35.2 Å². The second-order valence-electron chi connectivity index (χ2n) is 6.58. The molecule has 0 unspecified atom stereocenters. The molecule has 1 aliphatic heterocycles. The third kappa shape index (κ3) is 4.28. The molecule has 0 bridgehead atoms. The number of thioether (sulfide) groups is 1. The van der Waals surface area contributed by atoms with Crippen molar-refractivity contribution in [3.63, 3.8) is 0 Å². The fraction of sp³-hybridized carbons (Fsp3) is 0.611. The molecule has 1 amide bonds. The topological polar surface area (TPSA) is 50.4 Å². The van der Waals surface area contributed by atoms with Gasteiger partial charge in [0.1, 0.15) is 0 Å². The van der Waals surface area contributed by atoms with Crippen molar-refractivity contribution in [1.82, 2.24) is 10.6 Å². The summed E-state index contributed by atoms with van der Waals surface area (Å²) in [5, 5.41) is 6.45. The van der Waals surface area contributed by atoms with Gasteiger partial charge in [-0.1, -0.05) is 31.0 Å². The first-order valence-electron chi connectivity index (χ1n) is 8.49. The van der Waals surface area contributed by atoms with Crippen molar-refractivity contribution in [2.24, 2.45) is 0 Å². The largest absolute Gasteiger partial charge is 0.380 e. The number of carbonyl (C=O) groups is 1. The molecule has 0 aromatic heterocycles. The number of hydrogen-bond acceptors (Lipinski definition) is 4. The molecule has 1 aromatic rings. The van der Waals surface area contributed by atoms with Crippen LogP contribution in [0.3, 0.4) is 0 Å². The van der Waals surface area contributed by atoms with E-state index >= 15 is 0 Å². The maximum absolute atomic E-state index is 12.4. The van der Waals surface area contributed by atoms with Gasteiger partial charge in [-0.25, -0.2) is 0 Å². The molecule has 5 heteroatoms. The van der Waals surface area contributed by atoms with Gasteiger partial charge in [0.05, 0.1) is 12.1 Å². The molecule has 0 radical (unpaired) electrons. The van der Waals surface area contributed by atoms with Gasteiger partial charge in [0.2, 0.25) is 5.91 Å². The molecule has 2 aliphatic rings. The number of ether oxygens (including phenoxy) is 1. The molecular weight excluding hydrogens is 308 g/mol. The molecule has 1 aromatic carbocycles. The van der Waals surface area contributed by atoms with Crippen LogP contribution in [0, 0.1) is 0 Å². The van der Waals surface area contributed by atoms with E-state index in [0.717, 1.165) is 19.5 Å². The third-order valence-electron chi connectivity index (χ3n) is 4.92. The Morgan fingerprint density at radius 1 is 1.35 bits per heavy atom. The highest BCUT2D eigenvalue weighted by Gasteiger charge is 2.37. The number of amides is 1. The number of methoxy groups -OCH3 is 1. The van der Waals surface area contributed by atoms with Crippen LogP contribution in [-0.2, 0) is 9.53 Å². The Bertz CT molecular complexity index is 517. The Kier molecular flexibility index (Phi) is 5.62. The maximum Gasteiger partial charge on any atom is 0.237 e. The van der Waals surface area contributed by atoms with E-state index in [-0.39, 0.29) is 22.8 Å². The van der Waals surface area contributed by atoms with Crippen LogP contribution in [-0.4, -0.2) is 43.0 Å². The quantitative estimate of drug-likeness (QED) is 0.839. The highest BCUT2D eigenvalue weighted by Crippen LogP contribution is 2.44. The van der Waals surface area contributed by atoms with Crippen LogP contribution in [0.5, 0.6) is 0 Å². The molecular formula is C18H26N2O2S. The fourth-order valence-corrected chi connectivity index (χ4v) is 4.96. The summed E-state index contributed by atoms with van der Waals surface area (Å²) in [7, 11) is 1.71. The summed E-state index contributed by atoms with van der Waals surface area (Å²) in [6.07, 6.45) is 5.77. The Labute approximate surface area is 142 Å². The fourth-order valence-electron chi connectivity index (χ4n) is 3.53. The number of rotatable bonds is 6. The Morgan fingerprint density at radius 3 is 2.74 bits per heavy atom. The monoisotopic (exact) mass is 334 g/mol. The SMILES string of the molecule is CO[C@H]1CN[C@@H](C(=O)NCC2(Sc3ccccc3)CCCC2)C1. The maximum atomic E-state index is 12.4. The molecule has 2 fully saturated rings. The van der Waals surface area contributed by atoms with E-state index in [2.05, 4.69) is 34.9 Å². The van der Waals surface area contributed by atoms with Crippen molar-refractivity contribution in [1.29, 1.82) is 0 Å². The molecule has 3 rings (SSSR count). The molecule has 1 saturated heterocycles. The van der Waals surface area contributed by atoms with E-state index in [0.29, 0.717) is 0 Å². The van der Waals surface area contributed by atoms with Crippen molar-refractivity contribution in [3.05, 3.63) is 30.3 Å². The van der Waals surface area contributed by atoms with Crippen molar-refractivity contribution >= 4 is 17.7 Å². The summed E-state index contributed by atoms with van der Waals surface area (Å²) in [5.41, 5.74) is 0. The summed E-state index contributed by atoms with van der Waals surface area (Å²) in [6, 6.07) is 10.4. The minimum Gasteiger partial charge on any atom is -0.380 e. The molecule has 4 nitrogen and oxygen atoms in total. The van der Waals surface area contributed by atoms with Gasteiger partial charge in [-0.05, 0) is 31.4 Å². The summed E-state index contributed by atoms with van der Waals surface area (Å²) >= 11 is 1.93. The lowest BCUT2D eigenvalue weighted by Crippen LogP contribution is -2.46. The van der Waals surface area contributed by atoms with Gasteiger partial charge in [-0.2, -0.15) is 0 Å². The highest BCUT2D eigenvalue weighted by molar-refractivity contribution is 8.00. The zero-order chi connectivity index (χ0) is 16.1. The van der Waals surface area contributed by atoms with E-state index < -0.39 is 0 Å². The average molecular weight is 334 g/mol. The lowest BCUT2D eigenvalue weighted by Gasteiger charge is -2.29. The average Bonchev–Trinajstić information content (AvgIpc) is 3.23. The van der Waals surface area contributed by atoms with Gasteiger partial charge in [-0.3, -0.25) is 4.79 Å². The van der Waals surface area contributed by atoms with E-state index in [1.54, 1.807) is 7.11 Å². The molecule has 1 aliphatic carbocycles. The van der Waals surface area contributed by atoms with Crippen LogP contribution in [0.4, 0.5) is 0 Å². The molecule has 23 heavy (non-hydrogen) atoms. The van der Waals surface area contributed by atoms with Gasteiger partial charge in [-0.15, -0.1) is 11.8 Å². The van der Waals surface area contributed by atoms with Crippen LogP contribution < -0.4 is 10.6 Å². The van der Waals surface area contributed by atoms with Gasteiger partial charge < -0.3 is 15.4 Å². The predicted octanol–water partition coefficient (Wildman–Crippen LogP) is 2.58. The zero-order valence-electron chi connectivity index (χ0n) is 13.7. The second kappa shape index (κ2) is 7.69. The zero-order valence-corrected chi connectivity index (χ0v) is 14.5. The first-order chi connectivity index (χ1) is 11.2. The number of benzene rings is 1. The predicted molar refractivity (Wildman–Crippen MR) is 93.7 cm³/mol. The van der Waals surface area contributed by atoms with Gasteiger partial charge in [0, 0.05) is 29.8 Å². The molecule has 2 atom stereocenters. The smallest absolute Gasteiger partial charge is 0.237 e. The number of carbonyl (C=O) groups excluding carboxylic acids is 1. The van der Waals surface area contributed by atoms with E-state index in [1.165, 1.54) is 30.6 Å². The normalized spacial score (nSPS) is 26.3. The van der Waals surface area contributed by atoms with Crippen LogP contribution in [0.2, 0.25) is 0 Å². The van der Waals surface area contributed by atoms with Gasteiger partial charge >= 0.3 is 0 Å². The first-order valence-corrected chi connectivity index (χ1v) is 9.30. The summed E-state index contributed by atoms with van der Waals surface area (Å²) in [6.45, 7) is 1.51. The number of nitrogens with one attached hydrogen (secondary N) is 2. The summed E-state index contributed by atoms with van der Waals surface area (Å²) < 4.78 is 5.47. The van der Waals surface area contributed by atoms with Crippen molar-refractivity contribution in [2.45, 2.75) is 53.9 Å². The van der Waals surface area contributed by atoms with Crippen LogP contribution in [0.25, 0.3) is 0 Å². The molecule has 0 spiro atoms. The molecule has 2 N–H and O–H groups in total. The summed E-state index contributed by atoms with van der Waals surface area (Å²) in [4.78, 5) is 13.7. The third-order valence-corrected chi connectivity index (χ3v) is 6.41. The molecule has 1 saturated carbocycles. The summed E-state index contributed by atoms with van der Waals surface area (Å²) in [5.74, 6) is 0.115. The standard InChI is InChI=1S/C18H26N2O2S/c1-22-14-11-16(19-12-14)17(21)20-13-18(9-5-6-10-18)23-15-7-3-2-4-8-15/h2-4,7-8,14,16,19H,5-6,9-13H2,1H3,(H,20,21)/t14-,16-/m1/s1. The van der Waals surface area contributed by atoms with E-state index in [1.807, 2.05) is 17.8 Å². The number of hydrogen-bond donors (Lipinski definition) is 2. The minimum absolute atomic E-state index is 0.111.